The molecular weight excluding hydrogens is 166 g/mol. The molecule has 2 heteroatoms. The Morgan fingerprint density at radius 2 is 2.25 bits per heavy atom. The molecule has 1 nitrogen and oxygen atoms in total. The maximum Gasteiger partial charge on any atom is 0.123 e. The van der Waals surface area contributed by atoms with Crippen molar-refractivity contribution in [2.24, 2.45) is 0 Å². The van der Waals surface area contributed by atoms with Crippen LogP contribution in [-0.2, 0) is 0 Å². The first-order valence-corrected chi connectivity index (χ1v) is 4.49. The molecule has 0 saturated heterocycles. The molecule has 0 atom stereocenters. The first-order chi connectivity index (χ1) is 5.86. The summed E-state index contributed by atoms with van der Waals surface area (Å²) in [5, 5.41) is 2.97. The van der Waals surface area contributed by atoms with E-state index in [1.165, 1.54) is 0 Å². The van der Waals surface area contributed by atoms with E-state index in [1.54, 1.807) is 17.5 Å². The summed E-state index contributed by atoms with van der Waals surface area (Å²) in [6, 6.07) is 7.75. The van der Waals surface area contributed by atoms with E-state index in [2.05, 4.69) is 4.98 Å². The second-order valence-corrected chi connectivity index (χ2v) is 3.36. The zero-order valence-corrected chi connectivity index (χ0v) is 7.21. The van der Waals surface area contributed by atoms with Crippen molar-refractivity contribution in [1.82, 2.24) is 4.98 Å². The van der Waals surface area contributed by atoms with Crippen molar-refractivity contribution in [1.29, 1.82) is 0 Å². The van der Waals surface area contributed by atoms with Gasteiger partial charge in [0, 0.05) is 17.1 Å². The summed E-state index contributed by atoms with van der Waals surface area (Å²) in [4.78, 5) is 4.19. The molecule has 0 amide bonds. The van der Waals surface area contributed by atoms with E-state index < -0.39 is 0 Å². The summed E-state index contributed by atoms with van der Waals surface area (Å²) in [6.07, 6.45) is 1.79. The molecule has 2 aromatic rings. The highest BCUT2D eigenvalue weighted by atomic mass is 32.1. The van der Waals surface area contributed by atoms with Crippen LogP contribution in [0.3, 0.4) is 0 Å². The van der Waals surface area contributed by atoms with Crippen LogP contribution in [0.5, 0.6) is 0 Å². The molecule has 0 spiro atoms. The van der Waals surface area contributed by atoms with Gasteiger partial charge in [-0.2, -0.15) is 0 Å². The topological polar surface area (TPSA) is 12.9 Å². The average molecular weight is 173 g/mol. The third-order valence-corrected chi connectivity index (χ3v) is 2.39. The number of rotatable bonds is 1. The monoisotopic (exact) mass is 173 g/mol. The number of benzene rings is 1. The van der Waals surface area contributed by atoms with Gasteiger partial charge < -0.3 is 0 Å². The van der Waals surface area contributed by atoms with Gasteiger partial charge in [-0.3, -0.25) is 0 Å². The van der Waals surface area contributed by atoms with E-state index in [0.717, 1.165) is 16.1 Å². The molecule has 0 N–H and O–H groups in total. The lowest BCUT2D eigenvalue weighted by molar-refractivity contribution is 1.41. The van der Waals surface area contributed by atoms with Gasteiger partial charge in [-0.05, 0) is 18.6 Å². The molecule has 0 fully saturated rings. The SMILES string of the molecule is [CH]c1cccc(-c2nccs2)c1. The van der Waals surface area contributed by atoms with E-state index in [0.29, 0.717) is 0 Å². The lowest BCUT2D eigenvalue weighted by Gasteiger charge is -1.96. The van der Waals surface area contributed by atoms with Crippen molar-refractivity contribution < 1.29 is 0 Å². The third-order valence-electron chi connectivity index (χ3n) is 1.57. The van der Waals surface area contributed by atoms with Crippen LogP contribution in [0.15, 0.2) is 35.8 Å². The van der Waals surface area contributed by atoms with E-state index in [-0.39, 0.29) is 0 Å². The standard InChI is InChI=1S/C10H7NS/c1-8-3-2-4-9(7-8)10-11-5-6-12-10/h1-7H. The minimum Gasteiger partial charge on any atom is -0.245 e. The normalized spacial score (nSPS) is 10.1. The van der Waals surface area contributed by atoms with Gasteiger partial charge in [0.1, 0.15) is 5.01 Å². The molecule has 0 aliphatic rings. The van der Waals surface area contributed by atoms with Gasteiger partial charge in [0.25, 0.3) is 0 Å². The Morgan fingerprint density at radius 3 is 2.92 bits per heavy atom. The summed E-state index contributed by atoms with van der Waals surface area (Å²) in [7, 11) is 0. The molecule has 1 aromatic carbocycles. The van der Waals surface area contributed by atoms with Gasteiger partial charge in [-0.1, -0.05) is 18.2 Å². The third kappa shape index (κ3) is 1.38. The molecule has 1 aromatic heterocycles. The number of hydrogen-bond donors (Lipinski definition) is 0. The minimum absolute atomic E-state index is 0.780. The van der Waals surface area contributed by atoms with Crippen LogP contribution in [0.4, 0.5) is 0 Å². The number of hydrogen-bond acceptors (Lipinski definition) is 2. The highest BCUT2D eigenvalue weighted by Gasteiger charge is 1.98. The first-order valence-electron chi connectivity index (χ1n) is 3.62. The van der Waals surface area contributed by atoms with Crippen molar-refractivity contribution in [2.75, 3.05) is 0 Å². The second kappa shape index (κ2) is 3.07. The molecule has 0 unspecified atom stereocenters. The van der Waals surface area contributed by atoms with Crippen LogP contribution >= 0.6 is 11.3 Å². The zero-order chi connectivity index (χ0) is 8.39. The predicted octanol–water partition coefficient (Wildman–Crippen LogP) is 2.87. The number of thiazole rings is 1. The van der Waals surface area contributed by atoms with Gasteiger partial charge >= 0.3 is 0 Å². The van der Waals surface area contributed by atoms with E-state index in [1.807, 2.05) is 29.6 Å². The highest BCUT2D eigenvalue weighted by molar-refractivity contribution is 7.13. The van der Waals surface area contributed by atoms with Crippen LogP contribution in [-0.4, -0.2) is 4.98 Å². The van der Waals surface area contributed by atoms with Crippen LogP contribution < -0.4 is 0 Å². The Bertz CT molecular complexity index is 365. The summed E-state index contributed by atoms with van der Waals surface area (Å²) in [5.74, 6) is 0. The maximum atomic E-state index is 5.64. The predicted molar refractivity (Wildman–Crippen MR) is 51.0 cm³/mol. The Kier molecular flexibility index (Phi) is 1.92. The van der Waals surface area contributed by atoms with Gasteiger partial charge in [-0.25, -0.2) is 4.98 Å². The first kappa shape index (κ1) is 7.50. The minimum atomic E-state index is 0.780. The van der Waals surface area contributed by atoms with Crippen molar-refractivity contribution in [3.8, 4) is 10.6 Å². The van der Waals surface area contributed by atoms with Crippen LogP contribution in [0.25, 0.3) is 10.6 Å². The van der Waals surface area contributed by atoms with Gasteiger partial charge in [-0.15, -0.1) is 11.3 Å². The lowest BCUT2D eigenvalue weighted by atomic mass is 10.1. The zero-order valence-electron chi connectivity index (χ0n) is 6.40. The quantitative estimate of drug-likeness (QED) is 0.646. The fraction of sp³-hybridized carbons (Fsp3) is 0. The Labute approximate surface area is 75.7 Å². The molecule has 0 bridgehead atoms. The molecule has 0 aliphatic heterocycles. The molecular formula is C10H7NS. The number of nitrogens with zero attached hydrogens (tertiary/aromatic N) is 1. The van der Waals surface area contributed by atoms with Crippen molar-refractivity contribution in [3.05, 3.63) is 48.3 Å². The van der Waals surface area contributed by atoms with E-state index in [9.17, 15) is 0 Å². The Balaban J connectivity index is 2.48. The highest BCUT2D eigenvalue weighted by Crippen LogP contribution is 2.21. The molecule has 2 rings (SSSR count). The second-order valence-electron chi connectivity index (χ2n) is 2.46. The van der Waals surface area contributed by atoms with Gasteiger partial charge in [0.2, 0.25) is 0 Å². The van der Waals surface area contributed by atoms with Crippen LogP contribution in [0, 0.1) is 6.92 Å². The largest absolute Gasteiger partial charge is 0.245 e. The molecule has 0 saturated carbocycles. The van der Waals surface area contributed by atoms with Crippen molar-refractivity contribution in [2.45, 2.75) is 0 Å². The molecule has 12 heavy (non-hydrogen) atoms. The van der Waals surface area contributed by atoms with E-state index in [4.69, 9.17) is 6.92 Å². The van der Waals surface area contributed by atoms with Crippen LogP contribution in [0.1, 0.15) is 5.56 Å². The molecule has 1 heterocycles. The maximum absolute atomic E-state index is 5.64. The van der Waals surface area contributed by atoms with Gasteiger partial charge in [0.05, 0.1) is 0 Å². The average Bonchev–Trinajstić information content (AvgIpc) is 2.56. The molecule has 58 valence electrons. The smallest absolute Gasteiger partial charge is 0.123 e. The van der Waals surface area contributed by atoms with E-state index >= 15 is 0 Å². The summed E-state index contributed by atoms with van der Waals surface area (Å²) in [5.41, 5.74) is 1.87. The fourth-order valence-electron chi connectivity index (χ4n) is 1.04. The van der Waals surface area contributed by atoms with Crippen molar-refractivity contribution >= 4 is 11.3 Å². The lowest BCUT2D eigenvalue weighted by Crippen LogP contribution is -1.76. The van der Waals surface area contributed by atoms with Crippen molar-refractivity contribution in [3.63, 3.8) is 0 Å². The summed E-state index contributed by atoms with van der Waals surface area (Å²) >= 11 is 1.62. The van der Waals surface area contributed by atoms with Crippen LogP contribution in [0.2, 0.25) is 0 Å². The summed E-state index contributed by atoms with van der Waals surface area (Å²) in [6.45, 7) is 5.64. The molecule has 2 radical (unpaired) electrons. The molecule has 0 aliphatic carbocycles. The van der Waals surface area contributed by atoms with Gasteiger partial charge in [0.15, 0.2) is 0 Å². The summed E-state index contributed by atoms with van der Waals surface area (Å²) < 4.78 is 0. The number of aromatic nitrogens is 1. The fourth-order valence-corrected chi connectivity index (χ4v) is 1.67. The Morgan fingerprint density at radius 1 is 1.33 bits per heavy atom. The Hall–Kier alpha value is -1.15.